The van der Waals surface area contributed by atoms with Crippen molar-refractivity contribution in [2.24, 2.45) is 7.05 Å². The third kappa shape index (κ3) is 1.16. The van der Waals surface area contributed by atoms with E-state index in [9.17, 15) is 4.79 Å². The van der Waals surface area contributed by atoms with E-state index in [4.69, 9.17) is 5.73 Å². The van der Waals surface area contributed by atoms with Crippen LogP contribution in [0.5, 0.6) is 0 Å². The first-order chi connectivity index (χ1) is 6.59. The Morgan fingerprint density at radius 3 is 2.93 bits per heavy atom. The Morgan fingerprint density at radius 2 is 2.21 bits per heavy atom. The summed E-state index contributed by atoms with van der Waals surface area (Å²) >= 11 is 0. The third-order valence-electron chi connectivity index (χ3n) is 2.22. The second kappa shape index (κ2) is 2.83. The number of nitrogens with zero attached hydrogens (tertiary/aromatic N) is 2. The van der Waals surface area contributed by atoms with Gasteiger partial charge in [-0.2, -0.15) is 0 Å². The topological polar surface area (TPSA) is 60.9 Å². The molecule has 2 aromatic heterocycles. The van der Waals surface area contributed by atoms with Gasteiger partial charge in [0.25, 0.3) is 5.56 Å². The lowest BCUT2D eigenvalue weighted by Crippen LogP contribution is -2.17. The molecule has 0 spiro atoms. The quantitative estimate of drug-likeness (QED) is 0.667. The first-order valence-electron chi connectivity index (χ1n) is 4.32. The zero-order chi connectivity index (χ0) is 10.3. The summed E-state index contributed by atoms with van der Waals surface area (Å²) in [6.07, 6.45) is 1.73. The highest BCUT2D eigenvalue weighted by Crippen LogP contribution is 2.15. The number of rotatable bonds is 0. The Hall–Kier alpha value is -1.84. The van der Waals surface area contributed by atoms with Crippen molar-refractivity contribution in [1.29, 1.82) is 0 Å². The van der Waals surface area contributed by atoms with Crippen LogP contribution in [0.2, 0.25) is 0 Å². The largest absolute Gasteiger partial charge is 0.383 e. The predicted octanol–water partition coefficient (Wildman–Crippen LogP) is 0.824. The van der Waals surface area contributed by atoms with Gasteiger partial charge in [0.1, 0.15) is 5.82 Å². The second-order valence-electron chi connectivity index (χ2n) is 3.34. The van der Waals surface area contributed by atoms with Crippen molar-refractivity contribution in [3.63, 3.8) is 0 Å². The van der Waals surface area contributed by atoms with Gasteiger partial charge in [-0.1, -0.05) is 0 Å². The highest BCUT2D eigenvalue weighted by Gasteiger charge is 2.05. The highest BCUT2D eigenvalue weighted by atomic mass is 16.1. The number of fused-ring (bicyclic) bond motifs is 1. The number of nitrogens with two attached hydrogens (primary N) is 1. The van der Waals surface area contributed by atoms with E-state index in [1.54, 1.807) is 13.2 Å². The summed E-state index contributed by atoms with van der Waals surface area (Å²) in [5.74, 6) is 0.307. The lowest BCUT2D eigenvalue weighted by molar-refractivity contribution is 0.872. The van der Waals surface area contributed by atoms with Crippen LogP contribution in [0.25, 0.3) is 10.8 Å². The molecular weight excluding hydrogens is 178 g/mol. The van der Waals surface area contributed by atoms with Gasteiger partial charge in [0.05, 0.1) is 5.39 Å². The van der Waals surface area contributed by atoms with Gasteiger partial charge in [-0.25, -0.2) is 4.98 Å². The summed E-state index contributed by atoms with van der Waals surface area (Å²) in [5, 5.41) is 1.35. The van der Waals surface area contributed by atoms with Crippen LogP contribution in [0.4, 0.5) is 5.82 Å². The molecule has 0 unspecified atom stereocenters. The van der Waals surface area contributed by atoms with Gasteiger partial charge in [0, 0.05) is 18.9 Å². The van der Waals surface area contributed by atoms with Crippen LogP contribution in [-0.4, -0.2) is 9.55 Å². The van der Waals surface area contributed by atoms with Crippen molar-refractivity contribution >= 4 is 16.6 Å². The van der Waals surface area contributed by atoms with Crippen LogP contribution < -0.4 is 11.3 Å². The van der Waals surface area contributed by atoms with Gasteiger partial charge in [-0.15, -0.1) is 0 Å². The van der Waals surface area contributed by atoms with E-state index < -0.39 is 0 Å². The van der Waals surface area contributed by atoms with E-state index in [2.05, 4.69) is 4.98 Å². The van der Waals surface area contributed by atoms with Crippen LogP contribution in [0.1, 0.15) is 5.69 Å². The number of hydrogen-bond acceptors (Lipinski definition) is 3. The maximum atomic E-state index is 11.7. The van der Waals surface area contributed by atoms with Crippen LogP contribution in [0, 0.1) is 6.92 Å². The average Bonchev–Trinajstić information content (AvgIpc) is 2.10. The SMILES string of the molecule is Cc1cc2ccn(C)c(=O)c2c(N)n1. The predicted molar refractivity (Wildman–Crippen MR) is 56.1 cm³/mol. The molecule has 2 N–H and O–H groups in total. The van der Waals surface area contributed by atoms with Crippen molar-refractivity contribution in [3.05, 3.63) is 34.4 Å². The van der Waals surface area contributed by atoms with Crippen molar-refractivity contribution in [2.75, 3.05) is 5.73 Å². The molecule has 0 aromatic carbocycles. The van der Waals surface area contributed by atoms with E-state index in [0.717, 1.165) is 11.1 Å². The summed E-state index contributed by atoms with van der Waals surface area (Å²) in [6, 6.07) is 3.72. The fourth-order valence-corrected chi connectivity index (χ4v) is 1.52. The normalized spacial score (nSPS) is 10.7. The molecule has 2 aromatic rings. The molecule has 2 heterocycles. The van der Waals surface area contributed by atoms with Crippen molar-refractivity contribution in [1.82, 2.24) is 9.55 Å². The molecule has 0 bridgehead atoms. The zero-order valence-electron chi connectivity index (χ0n) is 8.11. The summed E-state index contributed by atoms with van der Waals surface area (Å²) in [7, 11) is 1.70. The summed E-state index contributed by atoms with van der Waals surface area (Å²) in [6.45, 7) is 1.85. The van der Waals surface area contributed by atoms with Crippen LogP contribution >= 0.6 is 0 Å². The van der Waals surface area contributed by atoms with Crippen molar-refractivity contribution < 1.29 is 0 Å². The molecule has 2 rings (SSSR count). The molecule has 0 aliphatic carbocycles. The zero-order valence-corrected chi connectivity index (χ0v) is 8.11. The number of pyridine rings is 2. The fourth-order valence-electron chi connectivity index (χ4n) is 1.52. The van der Waals surface area contributed by atoms with Crippen LogP contribution in [0.3, 0.4) is 0 Å². The average molecular weight is 189 g/mol. The Bertz CT molecular complexity index is 557. The van der Waals surface area contributed by atoms with Gasteiger partial charge in [-0.05, 0) is 24.4 Å². The minimum atomic E-state index is -0.104. The first-order valence-corrected chi connectivity index (χ1v) is 4.32. The van der Waals surface area contributed by atoms with Crippen LogP contribution in [-0.2, 0) is 7.05 Å². The number of nitrogen functional groups attached to an aromatic ring is 1. The van der Waals surface area contributed by atoms with Gasteiger partial charge in [0.15, 0.2) is 0 Å². The molecule has 0 aliphatic rings. The monoisotopic (exact) mass is 189 g/mol. The molecule has 72 valence electrons. The number of hydrogen-bond donors (Lipinski definition) is 1. The highest BCUT2D eigenvalue weighted by molar-refractivity contribution is 5.90. The third-order valence-corrected chi connectivity index (χ3v) is 2.22. The maximum absolute atomic E-state index is 11.7. The number of anilines is 1. The van der Waals surface area contributed by atoms with Gasteiger partial charge in [0.2, 0.25) is 0 Å². The van der Waals surface area contributed by atoms with E-state index in [-0.39, 0.29) is 5.56 Å². The molecule has 0 fully saturated rings. The van der Waals surface area contributed by atoms with E-state index >= 15 is 0 Å². The Labute approximate surface area is 81.0 Å². The van der Waals surface area contributed by atoms with E-state index in [1.165, 1.54) is 4.57 Å². The standard InChI is InChI=1S/C10H11N3O/c1-6-5-7-3-4-13(2)10(14)8(7)9(11)12-6/h3-5H,1-2H3,(H2,11,12). The molecule has 0 saturated carbocycles. The molecular formula is C10H11N3O. The van der Waals surface area contributed by atoms with E-state index in [1.807, 2.05) is 19.1 Å². The fraction of sp³-hybridized carbons (Fsp3) is 0.200. The van der Waals surface area contributed by atoms with Crippen LogP contribution in [0.15, 0.2) is 23.1 Å². The molecule has 4 heteroatoms. The summed E-state index contributed by atoms with van der Waals surface area (Å²) in [5.41, 5.74) is 6.42. The Morgan fingerprint density at radius 1 is 1.50 bits per heavy atom. The van der Waals surface area contributed by atoms with Crippen molar-refractivity contribution in [3.8, 4) is 0 Å². The Balaban J connectivity index is 3.03. The number of aromatic nitrogens is 2. The molecule has 0 radical (unpaired) electrons. The van der Waals surface area contributed by atoms with Crippen molar-refractivity contribution in [2.45, 2.75) is 6.92 Å². The van der Waals surface area contributed by atoms with Gasteiger partial charge in [-0.3, -0.25) is 4.79 Å². The van der Waals surface area contributed by atoms with Gasteiger partial charge < -0.3 is 10.3 Å². The lowest BCUT2D eigenvalue weighted by Gasteiger charge is -2.04. The molecule has 0 aliphatic heterocycles. The summed E-state index contributed by atoms with van der Waals surface area (Å²) < 4.78 is 1.50. The molecule has 0 atom stereocenters. The molecule has 14 heavy (non-hydrogen) atoms. The molecule has 4 nitrogen and oxygen atoms in total. The van der Waals surface area contributed by atoms with Gasteiger partial charge >= 0.3 is 0 Å². The maximum Gasteiger partial charge on any atom is 0.261 e. The first kappa shape index (κ1) is 8.74. The smallest absolute Gasteiger partial charge is 0.261 e. The Kier molecular flexibility index (Phi) is 1.77. The lowest BCUT2D eigenvalue weighted by atomic mass is 10.2. The summed E-state index contributed by atoms with van der Waals surface area (Å²) in [4.78, 5) is 15.8. The minimum absolute atomic E-state index is 0.104. The number of aryl methyl sites for hydroxylation is 2. The second-order valence-corrected chi connectivity index (χ2v) is 3.34. The van der Waals surface area contributed by atoms with E-state index in [0.29, 0.717) is 11.2 Å². The minimum Gasteiger partial charge on any atom is -0.383 e. The molecule has 0 amide bonds. The molecule has 0 saturated heterocycles.